The number of likely N-dealkylation sites (N-methyl/N-ethyl adjacent to an activating group) is 1. The fraction of sp³-hybridized carbons (Fsp3) is 0.435. The first kappa shape index (κ1) is 22.7. The fourth-order valence-corrected chi connectivity index (χ4v) is 4.13. The highest BCUT2D eigenvalue weighted by Crippen LogP contribution is 2.23. The number of nitrogens with one attached hydrogen (secondary N) is 1. The second-order valence-electron chi connectivity index (χ2n) is 8.53. The van der Waals surface area contributed by atoms with E-state index in [1.807, 2.05) is 39.1 Å². The number of fused-ring (bicyclic) bond motifs is 1. The molecule has 33 heavy (non-hydrogen) atoms. The van der Waals surface area contributed by atoms with Crippen LogP contribution in [0.4, 0.5) is 11.5 Å². The number of para-hydroxylation sites is 1. The third-order valence-electron chi connectivity index (χ3n) is 6.09. The van der Waals surface area contributed by atoms with Crippen molar-refractivity contribution in [1.82, 2.24) is 29.5 Å². The number of hydrogen-bond acceptors (Lipinski definition) is 7. The second-order valence-corrected chi connectivity index (χ2v) is 8.53. The highest BCUT2D eigenvalue weighted by atomic mass is 16.2. The summed E-state index contributed by atoms with van der Waals surface area (Å²) in [6.45, 7) is 7.20. The molecule has 1 aliphatic heterocycles. The number of aryl methyl sites for hydroxylation is 3. The molecule has 2 amide bonds. The largest absolute Gasteiger partial charge is 0.353 e. The molecule has 0 unspecified atom stereocenters. The molecule has 174 valence electrons. The molecule has 0 spiro atoms. The topological polar surface area (TPSA) is 99.5 Å². The first-order valence-corrected chi connectivity index (χ1v) is 11.0. The number of benzene rings is 1. The number of rotatable bonds is 6. The predicted molar refractivity (Wildman–Crippen MR) is 127 cm³/mol. The summed E-state index contributed by atoms with van der Waals surface area (Å²) in [5.74, 6) is 0.605. The minimum atomic E-state index is -0.197. The van der Waals surface area contributed by atoms with E-state index < -0.39 is 0 Å². The molecule has 1 fully saturated rings. The molecule has 3 heterocycles. The van der Waals surface area contributed by atoms with Crippen LogP contribution in [0.2, 0.25) is 0 Å². The summed E-state index contributed by atoms with van der Waals surface area (Å²) in [5.41, 5.74) is 3.62. The molecule has 0 bridgehead atoms. The molecule has 10 nitrogen and oxygen atoms in total. The Morgan fingerprint density at radius 3 is 2.48 bits per heavy atom. The molecule has 0 saturated carbocycles. The maximum Gasteiger partial charge on any atom is 0.243 e. The van der Waals surface area contributed by atoms with Gasteiger partial charge in [-0.2, -0.15) is 5.10 Å². The van der Waals surface area contributed by atoms with E-state index in [2.05, 4.69) is 30.2 Å². The van der Waals surface area contributed by atoms with E-state index in [0.717, 1.165) is 59.8 Å². The van der Waals surface area contributed by atoms with Crippen molar-refractivity contribution in [3.8, 4) is 0 Å². The SMILES string of the molecule is Cc1cccc(C)c1NC(=O)CN(C)C(=O)CN1CCN(c2ncnc3c2cnn3C)CC1. The Kier molecular flexibility index (Phi) is 6.55. The van der Waals surface area contributed by atoms with Gasteiger partial charge in [-0.15, -0.1) is 0 Å². The number of anilines is 2. The summed E-state index contributed by atoms with van der Waals surface area (Å²) in [6.07, 6.45) is 3.35. The van der Waals surface area contributed by atoms with Crippen LogP contribution in [-0.4, -0.2) is 87.7 Å². The molecule has 0 radical (unpaired) electrons. The van der Waals surface area contributed by atoms with Crippen LogP contribution in [0.3, 0.4) is 0 Å². The maximum absolute atomic E-state index is 12.7. The van der Waals surface area contributed by atoms with Crippen LogP contribution in [0.15, 0.2) is 30.7 Å². The van der Waals surface area contributed by atoms with Gasteiger partial charge in [0.05, 0.1) is 24.7 Å². The number of nitrogens with zero attached hydrogens (tertiary/aromatic N) is 7. The van der Waals surface area contributed by atoms with Crippen LogP contribution in [0.5, 0.6) is 0 Å². The normalized spacial score (nSPS) is 14.5. The van der Waals surface area contributed by atoms with Gasteiger partial charge < -0.3 is 15.1 Å². The molecule has 2 aromatic heterocycles. The quantitative estimate of drug-likeness (QED) is 0.602. The molecule has 0 aliphatic carbocycles. The monoisotopic (exact) mass is 450 g/mol. The van der Waals surface area contributed by atoms with Crippen LogP contribution >= 0.6 is 0 Å². The first-order chi connectivity index (χ1) is 15.8. The molecule has 1 N–H and O–H groups in total. The van der Waals surface area contributed by atoms with Crippen LogP contribution < -0.4 is 10.2 Å². The summed E-state index contributed by atoms with van der Waals surface area (Å²) in [4.78, 5) is 39.8. The van der Waals surface area contributed by atoms with Crippen molar-refractivity contribution in [1.29, 1.82) is 0 Å². The Hall–Kier alpha value is -3.53. The van der Waals surface area contributed by atoms with Crippen LogP contribution in [0.1, 0.15) is 11.1 Å². The second kappa shape index (κ2) is 9.53. The Morgan fingerprint density at radius 2 is 1.79 bits per heavy atom. The summed E-state index contributed by atoms with van der Waals surface area (Å²) in [5, 5.41) is 8.14. The van der Waals surface area contributed by atoms with Gasteiger partial charge in [0.15, 0.2) is 5.65 Å². The third kappa shape index (κ3) is 4.95. The lowest BCUT2D eigenvalue weighted by Gasteiger charge is -2.35. The van der Waals surface area contributed by atoms with Crippen molar-refractivity contribution in [2.75, 3.05) is 56.5 Å². The zero-order valence-electron chi connectivity index (χ0n) is 19.6. The van der Waals surface area contributed by atoms with E-state index in [4.69, 9.17) is 0 Å². The van der Waals surface area contributed by atoms with Gasteiger partial charge in [0, 0.05) is 46.0 Å². The lowest BCUT2D eigenvalue weighted by Crippen LogP contribution is -2.50. The van der Waals surface area contributed by atoms with E-state index in [9.17, 15) is 9.59 Å². The molecule has 1 aliphatic rings. The number of carbonyl (C=O) groups excluding carboxylic acids is 2. The van der Waals surface area contributed by atoms with Gasteiger partial charge in [0.25, 0.3) is 0 Å². The zero-order valence-corrected chi connectivity index (χ0v) is 19.6. The number of carbonyl (C=O) groups is 2. The van der Waals surface area contributed by atoms with E-state index in [1.54, 1.807) is 24.3 Å². The zero-order chi connectivity index (χ0) is 23.5. The number of aromatic nitrogens is 4. The Labute approximate surface area is 193 Å². The van der Waals surface area contributed by atoms with E-state index in [0.29, 0.717) is 0 Å². The summed E-state index contributed by atoms with van der Waals surface area (Å²) in [7, 11) is 3.53. The van der Waals surface area contributed by atoms with Crippen molar-refractivity contribution in [3.05, 3.63) is 41.9 Å². The van der Waals surface area contributed by atoms with Crippen LogP contribution in [0, 0.1) is 13.8 Å². The number of amides is 2. The van der Waals surface area contributed by atoms with Crippen molar-refractivity contribution in [2.45, 2.75) is 13.8 Å². The van der Waals surface area contributed by atoms with E-state index in [1.165, 1.54) is 4.90 Å². The Balaban J connectivity index is 1.28. The highest BCUT2D eigenvalue weighted by Gasteiger charge is 2.24. The average molecular weight is 451 g/mol. The lowest BCUT2D eigenvalue weighted by molar-refractivity contribution is -0.134. The van der Waals surface area contributed by atoms with Crippen molar-refractivity contribution in [3.63, 3.8) is 0 Å². The lowest BCUT2D eigenvalue weighted by atomic mass is 10.1. The van der Waals surface area contributed by atoms with Gasteiger partial charge in [0.1, 0.15) is 12.1 Å². The molecule has 10 heteroatoms. The van der Waals surface area contributed by atoms with Gasteiger partial charge in [0.2, 0.25) is 11.8 Å². The Morgan fingerprint density at radius 1 is 1.09 bits per heavy atom. The third-order valence-corrected chi connectivity index (χ3v) is 6.09. The maximum atomic E-state index is 12.7. The van der Waals surface area contributed by atoms with Crippen LogP contribution in [-0.2, 0) is 16.6 Å². The average Bonchev–Trinajstić information content (AvgIpc) is 3.18. The Bertz CT molecular complexity index is 1150. The van der Waals surface area contributed by atoms with Crippen molar-refractivity contribution < 1.29 is 9.59 Å². The summed E-state index contributed by atoms with van der Waals surface area (Å²) >= 11 is 0. The number of piperazine rings is 1. The predicted octanol–water partition coefficient (Wildman–Crippen LogP) is 1.20. The summed E-state index contributed by atoms with van der Waals surface area (Å²) < 4.78 is 1.74. The van der Waals surface area contributed by atoms with E-state index >= 15 is 0 Å². The van der Waals surface area contributed by atoms with Gasteiger partial charge in [-0.05, 0) is 25.0 Å². The molecular weight excluding hydrogens is 420 g/mol. The summed E-state index contributed by atoms with van der Waals surface area (Å²) in [6, 6.07) is 5.87. The highest BCUT2D eigenvalue weighted by molar-refractivity contribution is 5.96. The smallest absolute Gasteiger partial charge is 0.243 e. The molecular formula is C23H30N8O2. The van der Waals surface area contributed by atoms with Crippen LogP contribution in [0.25, 0.3) is 11.0 Å². The molecule has 3 aromatic rings. The molecule has 1 aromatic carbocycles. The van der Waals surface area contributed by atoms with Gasteiger partial charge in [-0.3, -0.25) is 19.2 Å². The molecule has 0 atom stereocenters. The first-order valence-electron chi connectivity index (χ1n) is 11.0. The molecule has 1 saturated heterocycles. The van der Waals surface area contributed by atoms with E-state index in [-0.39, 0.29) is 24.9 Å². The van der Waals surface area contributed by atoms with Gasteiger partial charge in [-0.1, -0.05) is 18.2 Å². The molecule has 4 rings (SSSR count). The van der Waals surface area contributed by atoms with Crippen molar-refractivity contribution in [2.24, 2.45) is 7.05 Å². The van der Waals surface area contributed by atoms with Gasteiger partial charge in [-0.25, -0.2) is 9.97 Å². The van der Waals surface area contributed by atoms with Gasteiger partial charge >= 0.3 is 0 Å². The number of hydrogen-bond donors (Lipinski definition) is 1. The minimum Gasteiger partial charge on any atom is -0.353 e. The minimum absolute atomic E-state index is 0.0203. The van der Waals surface area contributed by atoms with Crippen molar-refractivity contribution >= 4 is 34.4 Å². The fourth-order valence-electron chi connectivity index (χ4n) is 4.13. The standard InChI is InChI=1S/C23H30N8O2/c1-16-6-5-7-17(2)21(16)27-19(32)13-28(3)20(33)14-30-8-10-31(11-9-30)23-18-12-26-29(4)22(18)24-15-25-23/h5-7,12,15H,8-11,13-14H2,1-4H3,(H,27,32).